The van der Waals surface area contributed by atoms with Crippen molar-refractivity contribution in [3.63, 3.8) is 0 Å². The van der Waals surface area contributed by atoms with Crippen LogP contribution in [0.4, 0.5) is 10.5 Å². The lowest BCUT2D eigenvalue weighted by Gasteiger charge is -2.14. The fourth-order valence-corrected chi connectivity index (χ4v) is 4.69. The highest BCUT2D eigenvalue weighted by Crippen LogP contribution is 2.35. The number of rotatable bonds is 10. The first-order valence-electron chi connectivity index (χ1n) is 11.3. The van der Waals surface area contributed by atoms with Crippen LogP contribution in [-0.2, 0) is 9.59 Å². The number of nitrogens with one attached hydrogen (secondary N) is 1. The molecule has 196 valence electrons. The molecule has 1 N–H and O–H groups in total. The van der Waals surface area contributed by atoms with Crippen LogP contribution in [0, 0.1) is 0 Å². The predicted molar refractivity (Wildman–Crippen MR) is 148 cm³/mol. The SMILES string of the molecule is COc1ccccc1OCCN1C(=O)S/C(=C\c2cc(Cl)ccc2OCC(=O)Nc2ccccc2Cl)C1=O. The summed E-state index contributed by atoms with van der Waals surface area (Å²) in [6.07, 6.45) is 1.51. The molecule has 0 unspecified atom stereocenters. The molecule has 3 aromatic carbocycles. The number of anilines is 1. The summed E-state index contributed by atoms with van der Waals surface area (Å²) in [5.41, 5.74) is 0.904. The zero-order valence-electron chi connectivity index (χ0n) is 20.1. The molecule has 3 amide bonds. The van der Waals surface area contributed by atoms with Crippen LogP contribution in [0.15, 0.2) is 71.6 Å². The van der Waals surface area contributed by atoms with E-state index in [1.54, 1.807) is 60.7 Å². The van der Waals surface area contributed by atoms with Crippen LogP contribution in [-0.4, -0.2) is 48.8 Å². The van der Waals surface area contributed by atoms with Crippen molar-refractivity contribution >= 4 is 63.8 Å². The number of para-hydroxylation sites is 3. The lowest BCUT2D eigenvalue weighted by atomic mass is 10.2. The van der Waals surface area contributed by atoms with Crippen molar-refractivity contribution in [2.75, 3.05) is 32.2 Å². The van der Waals surface area contributed by atoms with Gasteiger partial charge in [-0.15, -0.1) is 0 Å². The molecular weight excluding hydrogens is 551 g/mol. The zero-order valence-corrected chi connectivity index (χ0v) is 22.4. The summed E-state index contributed by atoms with van der Waals surface area (Å²) in [4.78, 5) is 39.2. The summed E-state index contributed by atoms with van der Waals surface area (Å²) < 4.78 is 16.6. The normalized spacial score (nSPS) is 14.1. The summed E-state index contributed by atoms with van der Waals surface area (Å²) in [5.74, 6) is 0.489. The number of thioether (sulfide) groups is 1. The number of carbonyl (C=O) groups is 3. The molecule has 11 heteroatoms. The molecule has 1 fully saturated rings. The Morgan fingerprint density at radius 2 is 1.71 bits per heavy atom. The van der Waals surface area contributed by atoms with Gasteiger partial charge >= 0.3 is 0 Å². The Kier molecular flexibility index (Phi) is 9.17. The van der Waals surface area contributed by atoms with Crippen molar-refractivity contribution in [2.45, 2.75) is 0 Å². The molecule has 1 aliphatic heterocycles. The van der Waals surface area contributed by atoms with Gasteiger partial charge in [-0.1, -0.05) is 47.5 Å². The van der Waals surface area contributed by atoms with Crippen molar-refractivity contribution < 1.29 is 28.6 Å². The van der Waals surface area contributed by atoms with E-state index in [1.807, 2.05) is 6.07 Å². The van der Waals surface area contributed by atoms with E-state index >= 15 is 0 Å². The second-order valence-electron chi connectivity index (χ2n) is 7.83. The van der Waals surface area contributed by atoms with Crippen LogP contribution < -0.4 is 19.5 Å². The number of ether oxygens (including phenoxy) is 3. The summed E-state index contributed by atoms with van der Waals surface area (Å²) in [6, 6.07) is 18.7. The molecule has 1 saturated heterocycles. The van der Waals surface area contributed by atoms with Gasteiger partial charge in [0.25, 0.3) is 17.1 Å². The molecule has 0 radical (unpaired) electrons. The van der Waals surface area contributed by atoms with E-state index in [0.29, 0.717) is 38.5 Å². The maximum absolute atomic E-state index is 13.0. The van der Waals surface area contributed by atoms with Crippen molar-refractivity contribution in [3.8, 4) is 17.2 Å². The first kappa shape index (κ1) is 27.4. The van der Waals surface area contributed by atoms with Crippen molar-refractivity contribution in [1.82, 2.24) is 4.90 Å². The van der Waals surface area contributed by atoms with Crippen molar-refractivity contribution in [3.05, 3.63) is 87.2 Å². The van der Waals surface area contributed by atoms with E-state index in [-0.39, 0.29) is 24.7 Å². The number of benzene rings is 3. The third-order valence-electron chi connectivity index (χ3n) is 5.28. The maximum atomic E-state index is 13.0. The highest BCUT2D eigenvalue weighted by molar-refractivity contribution is 8.18. The minimum absolute atomic E-state index is 0.0567. The van der Waals surface area contributed by atoms with Crippen LogP contribution in [0.25, 0.3) is 6.08 Å². The van der Waals surface area contributed by atoms with E-state index in [9.17, 15) is 14.4 Å². The molecule has 0 aromatic heterocycles. The highest BCUT2D eigenvalue weighted by Gasteiger charge is 2.35. The van der Waals surface area contributed by atoms with Gasteiger partial charge in [0.05, 0.1) is 29.3 Å². The van der Waals surface area contributed by atoms with Gasteiger partial charge in [-0.3, -0.25) is 19.3 Å². The smallest absolute Gasteiger partial charge is 0.293 e. The Balaban J connectivity index is 1.41. The minimum Gasteiger partial charge on any atom is -0.493 e. The Hall–Kier alpha value is -3.66. The maximum Gasteiger partial charge on any atom is 0.293 e. The molecule has 0 saturated carbocycles. The quantitative estimate of drug-likeness (QED) is 0.292. The van der Waals surface area contributed by atoms with Gasteiger partial charge in [0.1, 0.15) is 12.4 Å². The van der Waals surface area contributed by atoms with Gasteiger partial charge in [-0.25, -0.2) is 0 Å². The summed E-state index contributed by atoms with van der Waals surface area (Å²) in [7, 11) is 1.53. The van der Waals surface area contributed by atoms with Crippen LogP contribution in [0.1, 0.15) is 5.56 Å². The van der Waals surface area contributed by atoms with Gasteiger partial charge < -0.3 is 19.5 Å². The van der Waals surface area contributed by atoms with E-state index in [1.165, 1.54) is 13.2 Å². The fourth-order valence-electron chi connectivity index (χ4n) is 3.47. The number of imide groups is 1. The van der Waals surface area contributed by atoms with E-state index in [0.717, 1.165) is 16.7 Å². The van der Waals surface area contributed by atoms with Gasteiger partial charge in [0.2, 0.25) is 0 Å². The lowest BCUT2D eigenvalue weighted by molar-refractivity contribution is -0.123. The first-order chi connectivity index (χ1) is 18.4. The number of carbonyl (C=O) groups excluding carboxylic acids is 3. The number of amides is 3. The Bertz CT molecular complexity index is 1400. The van der Waals surface area contributed by atoms with Gasteiger partial charge in [0, 0.05) is 10.6 Å². The third kappa shape index (κ3) is 6.80. The highest BCUT2D eigenvalue weighted by atomic mass is 35.5. The topological polar surface area (TPSA) is 94.2 Å². The first-order valence-corrected chi connectivity index (χ1v) is 12.9. The number of nitrogens with zero attached hydrogens (tertiary/aromatic N) is 1. The van der Waals surface area contributed by atoms with Gasteiger partial charge in [-0.2, -0.15) is 0 Å². The van der Waals surface area contributed by atoms with Crippen LogP contribution >= 0.6 is 35.0 Å². The molecular formula is C27H22Cl2N2O6S. The van der Waals surface area contributed by atoms with Crippen LogP contribution in [0.3, 0.4) is 0 Å². The number of hydrogen-bond acceptors (Lipinski definition) is 7. The largest absolute Gasteiger partial charge is 0.493 e. The van der Waals surface area contributed by atoms with Gasteiger partial charge in [0.15, 0.2) is 18.1 Å². The molecule has 4 rings (SSSR count). The molecule has 0 spiro atoms. The van der Waals surface area contributed by atoms with E-state index in [4.69, 9.17) is 37.4 Å². The van der Waals surface area contributed by atoms with Crippen LogP contribution in [0.2, 0.25) is 10.0 Å². The minimum atomic E-state index is -0.467. The Labute approximate surface area is 233 Å². The van der Waals surface area contributed by atoms with Crippen molar-refractivity contribution in [2.24, 2.45) is 0 Å². The summed E-state index contributed by atoms with van der Waals surface area (Å²) >= 11 is 13.0. The van der Waals surface area contributed by atoms with E-state index in [2.05, 4.69) is 5.32 Å². The Morgan fingerprint density at radius 3 is 2.47 bits per heavy atom. The average molecular weight is 573 g/mol. The van der Waals surface area contributed by atoms with Crippen molar-refractivity contribution in [1.29, 1.82) is 0 Å². The molecule has 0 aliphatic carbocycles. The number of methoxy groups -OCH3 is 1. The fraction of sp³-hybridized carbons (Fsp3) is 0.148. The molecule has 8 nitrogen and oxygen atoms in total. The monoisotopic (exact) mass is 572 g/mol. The standard InChI is InChI=1S/C27H22Cl2N2O6S/c1-35-22-8-4-5-9-23(22)36-13-12-31-26(33)24(38-27(31)34)15-17-14-18(28)10-11-21(17)37-16-25(32)30-20-7-3-2-6-19(20)29/h2-11,14-15H,12-13,16H2,1H3,(H,30,32)/b24-15-. The lowest BCUT2D eigenvalue weighted by Crippen LogP contribution is -2.32. The summed E-state index contributed by atoms with van der Waals surface area (Å²) in [5, 5.41) is 3.05. The molecule has 0 bridgehead atoms. The van der Waals surface area contributed by atoms with Crippen LogP contribution in [0.5, 0.6) is 17.2 Å². The molecule has 3 aromatic rings. The number of hydrogen-bond donors (Lipinski definition) is 1. The molecule has 0 atom stereocenters. The Morgan fingerprint density at radius 1 is 0.974 bits per heavy atom. The molecule has 1 aliphatic rings. The summed E-state index contributed by atoms with van der Waals surface area (Å²) in [6.45, 7) is -0.158. The molecule has 38 heavy (non-hydrogen) atoms. The average Bonchev–Trinajstić information content (AvgIpc) is 3.17. The second kappa shape index (κ2) is 12.7. The second-order valence-corrected chi connectivity index (χ2v) is 9.67. The third-order valence-corrected chi connectivity index (χ3v) is 6.75. The zero-order chi connectivity index (χ0) is 27.1. The van der Waals surface area contributed by atoms with Gasteiger partial charge in [-0.05, 0) is 60.3 Å². The molecule has 1 heterocycles. The van der Waals surface area contributed by atoms with E-state index < -0.39 is 17.1 Å². The predicted octanol–water partition coefficient (Wildman–Crippen LogP) is 6.13. The number of halogens is 2.